The molecule has 0 aliphatic rings. The molecule has 0 saturated heterocycles. The first-order valence-electron chi connectivity index (χ1n) is 7.37. The van der Waals surface area contributed by atoms with Crippen LogP contribution in [0.1, 0.15) is 12.5 Å². The lowest BCUT2D eigenvalue weighted by Crippen LogP contribution is -2.30. The lowest BCUT2D eigenvalue weighted by Gasteiger charge is -2.14. The van der Waals surface area contributed by atoms with E-state index < -0.39 is 23.8 Å². The van der Waals surface area contributed by atoms with Crippen LogP contribution in [-0.4, -0.2) is 25.1 Å². The molecule has 0 radical (unpaired) electrons. The summed E-state index contributed by atoms with van der Waals surface area (Å²) in [6, 6.07) is 12.5. The molecule has 0 bridgehead atoms. The summed E-state index contributed by atoms with van der Waals surface area (Å²) in [6.07, 6.45) is -1.02. The van der Waals surface area contributed by atoms with Crippen LogP contribution in [-0.2, 0) is 20.7 Å². The van der Waals surface area contributed by atoms with Gasteiger partial charge < -0.3 is 14.8 Å². The van der Waals surface area contributed by atoms with Crippen LogP contribution < -0.4 is 10.1 Å². The van der Waals surface area contributed by atoms with E-state index in [-0.39, 0.29) is 6.42 Å². The maximum Gasteiger partial charge on any atom is 0.311 e. The number of amides is 1. The molecular formula is C18H18FNO4. The number of nitrogens with one attached hydrogen (secondary N) is 1. The SMILES string of the molecule is COc1ccccc1CC(=O)O[C@H](C)C(=O)Nc1cccc(F)c1. The van der Waals surface area contributed by atoms with Gasteiger partial charge in [0.2, 0.25) is 0 Å². The number of methoxy groups -OCH3 is 1. The van der Waals surface area contributed by atoms with Gasteiger partial charge in [0.25, 0.3) is 5.91 Å². The van der Waals surface area contributed by atoms with E-state index in [2.05, 4.69) is 5.32 Å². The predicted octanol–water partition coefficient (Wildman–Crippen LogP) is 2.95. The second kappa shape index (κ2) is 8.10. The zero-order valence-corrected chi connectivity index (χ0v) is 13.4. The first-order chi connectivity index (χ1) is 11.5. The van der Waals surface area contributed by atoms with Gasteiger partial charge in [0.15, 0.2) is 6.10 Å². The molecule has 2 rings (SSSR count). The third-order valence-corrected chi connectivity index (χ3v) is 3.30. The number of carbonyl (C=O) groups excluding carboxylic acids is 2. The fourth-order valence-electron chi connectivity index (χ4n) is 2.11. The number of carbonyl (C=O) groups is 2. The summed E-state index contributed by atoms with van der Waals surface area (Å²) in [4.78, 5) is 24.0. The van der Waals surface area contributed by atoms with Crippen LogP contribution in [0.25, 0.3) is 0 Å². The van der Waals surface area contributed by atoms with Gasteiger partial charge in [-0.2, -0.15) is 0 Å². The molecule has 0 aliphatic carbocycles. The van der Waals surface area contributed by atoms with Crippen molar-refractivity contribution >= 4 is 17.6 Å². The van der Waals surface area contributed by atoms with E-state index in [1.165, 1.54) is 32.2 Å². The molecule has 0 aliphatic heterocycles. The second-order valence-corrected chi connectivity index (χ2v) is 5.12. The van der Waals surface area contributed by atoms with E-state index in [9.17, 15) is 14.0 Å². The average molecular weight is 331 g/mol. The highest BCUT2D eigenvalue weighted by Gasteiger charge is 2.19. The minimum Gasteiger partial charge on any atom is -0.496 e. The Balaban J connectivity index is 1.92. The highest BCUT2D eigenvalue weighted by atomic mass is 19.1. The van der Waals surface area contributed by atoms with E-state index in [0.717, 1.165) is 0 Å². The molecular weight excluding hydrogens is 313 g/mol. The third kappa shape index (κ3) is 4.81. The normalized spacial score (nSPS) is 11.5. The van der Waals surface area contributed by atoms with Crippen molar-refractivity contribution in [3.63, 3.8) is 0 Å². The molecule has 2 aromatic rings. The zero-order valence-electron chi connectivity index (χ0n) is 13.4. The molecule has 0 fully saturated rings. The Kier molecular flexibility index (Phi) is 5.89. The Bertz CT molecular complexity index is 732. The van der Waals surface area contributed by atoms with E-state index in [1.807, 2.05) is 0 Å². The van der Waals surface area contributed by atoms with Gasteiger partial charge >= 0.3 is 5.97 Å². The maximum absolute atomic E-state index is 13.1. The smallest absolute Gasteiger partial charge is 0.311 e. The van der Waals surface area contributed by atoms with Crippen molar-refractivity contribution in [2.75, 3.05) is 12.4 Å². The fourth-order valence-corrected chi connectivity index (χ4v) is 2.11. The molecule has 0 saturated carbocycles. The van der Waals surface area contributed by atoms with E-state index >= 15 is 0 Å². The van der Waals surface area contributed by atoms with Crippen LogP contribution in [0.5, 0.6) is 5.75 Å². The third-order valence-electron chi connectivity index (χ3n) is 3.30. The summed E-state index contributed by atoms with van der Waals surface area (Å²) >= 11 is 0. The number of esters is 1. The van der Waals surface area contributed by atoms with E-state index in [1.54, 1.807) is 30.3 Å². The van der Waals surface area contributed by atoms with Crippen molar-refractivity contribution in [3.8, 4) is 5.75 Å². The van der Waals surface area contributed by atoms with E-state index in [0.29, 0.717) is 17.0 Å². The first kappa shape index (κ1) is 17.5. The fraction of sp³-hybridized carbons (Fsp3) is 0.222. The molecule has 2 aromatic carbocycles. The molecule has 0 heterocycles. The molecule has 24 heavy (non-hydrogen) atoms. The average Bonchev–Trinajstić information content (AvgIpc) is 2.55. The van der Waals surface area contributed by atoms with Gasteiger partial charge in [-0.05, 0) is 31.2 Å². The molecule has 0 spiro atoms. The number of ether oxygens (including phenoxy) is 2. The highest BCUT2D eigenvalue weighted by molar-refractivity contribution is 5.95. The first-order valence-corrected chi connectivity index (χ1v) is 7.37. The number of benzene rings is 2. The molecule has 6 heteroatoms. The zero-order chi connectivity index (χ0) is 17.5. The number of rotatable bonds is 6. The minimum absolute atomic E-state index is 0.0123. The van der Waals surface area contributed by atoms with Crippen molar-refractivity contribution in [1.82, 2.24) is 0 Å². The summed E-state index contributed by atoms with van der Waals surface area (Å²) in [5.41, 5.74) is 0.968. The van der Waals surface area contributed by atoms with Crippen LogP contribution in [0.3, 0.4) is 0 Å². The van der Waals surface area contributed by atoms with Gasteiger partial charge in [-0.15, -0.1) is 0 Å². The lowest BCUT2D eigenvalue weighted by atomic mass is 10.1. The predicted molar refractivity (Wildman–Crippen MR) is 87.3 cm³/mol. The van der Waals surface area contributed by atoms with Gasteiger partial charge in [-0.3, -0.25) is 9.59 Å². The largest absolute Gasteiger partial charge is 0.496 e. The van der Waals surface area contributed by atoms with Crippen LogP contribution in [0.15, 0.2) is 48.5 Å². The van der Waals surface area contributed by atoms with Crippen LogP contribution in [0.4, 0.5) is 10.1 Å². The monoisotopic (exact) mass is 331 g/mol. The van der Waals surface area contributed by atoms with Crippen molar-refractivity contribution in [2.45, 2.75) is 19.4 Å². The standard InChI is InChI=1S/C18H18FNO4/c1-12(18(22)20-15-8-5-7-14(19)11-15)24-17(21)10-13-6-3-4-9-16(13)23-2/h3-9,11-12H,10H2,1-2H3,(H,20,22)/t12-/m1/s1. The van der Waals surface area contributed by atoms with E-state index in [4.69, 9.17) is 9.47 Å². The lowest BCUT2D eigenvalue weighted by molar-refractivity contribution is -0.152. The minimum atomic E-state index is -1.00. The van der Waals surface area contributed by atoms with Crippen LogP contribution >= 0.6 is 0 Å². The topological polar surface area (TPSA) is 64.6 Å². The Labute approximate surface area is 139 Å². The van der Waals surface area contributed by atoms with Crippen LogP contribution in [0.2, 0.25) is 0 Å². The number of anilines is 1. The molecule has 0 unspecified atom stereocenters. The Hall–Kier alpha value is -2.89. The number of hydrogen-bond acceptors (Lipinski definition) is 4. The van der Waals surface area contributed by atoms with Crippen molar-refractivity contribution in [3.05, 3.63) is 59.9 Å². The summed E-state index contributed by atoms with van der Waals surface area (Å²) in [6.45, 7) is 1.45. The second-order valence-electron chi connectivity index (χ2n) is 5.12. The van der Waals surface area contributed by atoms with Crippen molar-refractivity contribution in [2.24, 2.45) is 0 Å². The summed E-state index contributed by atoms with van der Waals surface area (Å²) in [5, 5.41) is 2.49. The number of hydrogen-bond donors (Lipinski definition) is 1. The Morgan fingerprint density at radius 1 is 1.17 bits per heavy atom. The van der Waals surface area contributed by atoms with Gasteiger partial charge in [0.1, 0.15) is 11.6 Å². The Morgan fingerprint density at radius 2 is 1.92 bits per heavy atom. The summed E-state index contributed by atoms with van der Waals surface area (Å²) < 4.78 is 23.4. The molecule has 1 atom stereocenters. The van der Waals surface area contributed by atoms with Crippen molar-refractivity contribution in [1.29, 1.82) is 0 Å². The molecule has 5 nitrogen and oxygen atoms in total. The van der Waals surface area contributed by atoms with Crippen molar-refractivity contribution < 1.29 is 23.5 Å². The van der Waals surface area contributed by atoms with Crippen LogP contribution in [0, 0.1) is 5.82 Å². The molecule has 0 aromatic heterocycles. The van der Waals surface area contributed by atoms with Gasteiger partial charge in [0.05, 0.1) is 13.5 Å². The van der Waals surface area contributed by atoms with Gasteiger partial charge in [-0.25, -0.2) is 4.39 Å². The maximum atomic E-state index is 13.1. The summed E-state index contributed by atoms with van der Waals surface area (Å²) in [5.74, 6) is -0.977. The molecule has 126 valence electrons. The quantitative estimate of drug-likeness (QED) is 0.827. The number of halogens is 1. The van der Waals surface area contributed by atoms with Gasteiger partial charge in [-0.1, -0.05) is 24.3 Å². The number of para-hydroxylation sites is 1. The Morgan fingerprint density at radius 3 is 2.62 bits per heavy atom. The molecule has 1 N–H and O–H groups in total. The summed E-state index contributed by atoms with van der Waals surface area (Å²) in [7, 11) is 1.51. The highest BCUT2D eigenvalue weighted by Crippen LogP contribution is 2.18. The molecule has 1 amide bonds. The van der Waals surface area contributed by atoms with Gasteiger partial charge in [0, 0.05) is 11.3 Å².